The lowest BCUT2D eigenvalue weighted by atomic mass is 10.3. The minimum absolute atomic E-state index is 0.0241. The molecule has 112 valence electrons. The minimum Gasteiger partial charge on any atom is -0.396 e. The quantitative estimate of drug-likeness (QED) is 0.785. The monoisotopic (exact) mass is 382 g/mol. The normalized spacial score (nSPS) is 23.1. The predicted molar refractivity (Wildman–Crippen MR) is 83.8 cm³/mol. The molecular weight excluding hydrogens is 367 g/mol. The molecule has 1 aliphatic carbocycles. The number of nitrogen functional groups attached to an aromatic ring is 1. The van der Waals surface area contributed by atoms with Crippen molar-refractivity contribution in [2.24, 2.45) is 0 Å². The highest BCUT2D eigenvalue weighted by atomic mass is 79.9. The maximum atomic E-state index is 13.3. The van der Waals surface area contributed by atoms with Gasteiger partial charge < -0.3 is 5.73 Å². The van der Waals surface area contributed by atoms with Gasteiger partial charge in [0.2, 0.25) is 10.0 Å². The molecule has 0 spiro atoms. The van der Waals surface area contributed by atoms with Crippen LogP contribution < -0.4 is 10.5 Å². The van der Waals surface area contributed by atoms with Crippen LogP contribution in [-0.4, -0.2) is 26.0 Å². The van der Waals surface area contributed by atoms with Crippen LogP contribution in [-0.2, 0) is 10.0 Å². The Bertz CT molecular complexity index is 610. The maximum Gasteiger partial charge on any atom is 0.242 e. The number of hydrogen-bond donors (Lipinski definition) is 2. The van der Waals surface area contributed by atoms with Gasteiger partial charge in [-0.05, 0) is 53.6 Å². The van der Waals surface area contributed by atoms with Crippen molar-refractivity contribution in [2.75, 3.05) is 12.0 Å². The van der Waals surface area contributed by atoms with E-state index in [1.807, 2.05) is 6.26 Å². The molecule has 0 amide bonds. The van der Waals surface area contributed by atoms with E-state index in [9.17, 15) is 12.8 Å². The van der Waals surface area contributed by atoms with Crippen LogP contribution in [0.5, 0.6) is 0 Å². The zero-order valence-electron chi connectivity index (χ0n) is 10.9. The van der Waals surface area contributed by atoms with Crippen LogP contribution in [0.1, 0.15) is 19.3 Å². The fourth-order valence-electron chi connectivity index (χ4n) is 2.29. The Morgan fingerprint density at radius 3 is 2.75 bits per heavy atom. The van der Waals surface area contributed by atoms with Gasteiger partial charge in [0.1, 0.15) is 5.82 Å². The molecule has 0 aliphatic heterocycles. The van der Waals surface area contributed by atoms with Gasteiger partial charge in [-0.1, -0.05) is 0 Å². The fourth-order valence-corrected chi connectivity index (χ4v) is 5.42. The van der Waals surface area contributed by atoms with Crippen molar-refractivity contribution in [3.8, 4) is 0 Å². The number of sulfonamides is 1. The number of halogens is 2. The molecule has 3 N–H and O–H groups in total. The first-order chi connectivity index (χ1) is 9.33. The molecule has 1 fully saturated rings. The van der Waals surface area contributed by atoms with Crippen molar-refractivity contribution in [3.05, 3.63) is 22.4 Å². The SMILES string of the molecule is CSC1CCC(NS(=O)(=O)c2cc(N)c(F)cc2Br)C1. The standard InChI is InChI=1S/C12H16BrFN2O2S2/c1-19-8-3-2-7(4-8)16-20(17,18)12-6-11(15)10(14)5-9(12)13/h5-8,16H,2-4,15H2,1H3. The van der Waals surface area contributed by atoms with E-state index in [1.165, 1.54) is 0 Å². The Morgan fingerprint density at radius 1 is 1.45 bits per heavy atom. The number of nitrogens with one attached hydrogen (secondary N) is 1. The first-order valence-corrected chi connectivity index (χ1v) is 9.69. The van der Waals surface area contributed by atoms with Crippen LogP contribution in [0.3, 0.4) is 0 Å². The van der Waals surface area contributed by atoms with E-state index in [1.54, 1.807) is 11.8 Å². The van der Waals surface area contributed by atoms with Gasteiger partial charge in [0, 0.05) is 15.8 Å². The van der Waals surface area contributed by atoms with Crippen molar-refractivity contribution < 1.29 is 12.8 Å². The minimum atomic E-state index is -3.70. The molecule has 0 bridgehead atoms. The van der Waals surface area contributed by atoms with Crippen molar-refractivity contribution >= 4 is 43.4 Å². The Hall–Kier alpha value is -0.310. The van der Waals surface area contributed by atoms with Crippen molar-refractivity contribution in [1.29, 1.82) is 0 Å². The molecule has 20 heavy (non-hydrogen) atoms. The summed E-state index contributed by atoms with van der Waals surface area (Å²) in [6.07, 6.45) is 4.66. The summed E-state index contributed by atoms with van der Waals surface area (Å²) in [6.45, 7) is 0. The van der Waals surface area contributed by atoms with Gasteiger partial charge in [0.05, 0.1) is 10.6 Å². The molecule has 2 unspecified atom stereocenters. The first kappa shape index (κ1) is 16.1. The van der Waals surface area contributed by atoms with E-state index in [2.05, 4.69) is 20.7 Å². The van der Waals surface area contributed by atoms with E-state index in [4.69, 9.17) is 5.73 Å². The highest BCUT2D eigenvalue weighted by Crippen LogP contribution is 2.31. The van der Waals surface area contributed by atoms with E-state index >= 15 is 0 Å². The van der Waals surface area contributed by atoms with Crippen LogP contribution in [0.4, 0.5) is 10.1 Å². The second-order valence-electron chi connectivity index (χ2n) is 4.79. The molecule has 2 atom stereocenters. The van der Waals surface area contributed by atoms with Gasteiger partial charge in [-0.2, -0.15) is 11.8 Å². The van der Waals surface area contributed by atoms with Gasteiger partial charge in [0.15, 0.2) is 0 Å². The molecule has 4 nitrogen and oxygen atoms in total. The van der Waals surface area contributed by atoms with Gasteiger partial charge in [-0.25, -0.2) is 17.5 Å². The second kappa shape index (κ2) is 6.21. The highest BCUT2D eigenvalue weighted by Gasteiger charge is 2.29. The number of hydrogen-bond acceptors (Lipinski definition) is 4. The molecule has 2 rings (SSSR count). The summed E-state index contributed by atoms with van der Waals surface area (Å²) in [4.78, 5) is -0.0241. The van der Waals surface area contributed by atoms with Crippen LogP contribution in [0.2, 0.25) is 0 Å². The molecule has 0 radical (unpaired) electrons. The van der Waals surface area contributed by atoms with Gasteiger partial charge in [-0.15, -0.1) is 0 Å². The van der Waals surface area contributed by atoms with E-state index in [-0.39, 0.29) is 21.1 Å². The number of thioether (sulfide) groups is 1. The van der Waals surface area contributed by atoms with Crippen LogP contribution in [0.15, 0.2) is 21.5 Å². The second-order valence-corrected chi connectivity index (χ2v) is 8.47. The summed E-state index contributed by atoms with van der Waals surface area (Å²) >= 11 is 4.83. The molecule has 0 saturated heterocycles. The van der Waals surface area contributed by atoms with Crippen LogP contribution in [0.25, 0.3) is 0 Å². The third kappa shape index (κ3) is 3.47. The van der Waals surface area contributed by atoms with E-state index < -0.39 is 15.8 Å². The lowest BCUT2D eigenvalue weighted by molar-refractivity contribution is 0.551. The fraction of sp³-hybridized carbons (Fsp3) is 0.500. The largest absolute Gasteiger partial charge is 0.396 e. The van der Waals surface area contributed by atoms with Gasteiger partial charge >= 0.3 is 0 Å². The summed E-state index contributed by atoms with van der Waals surface area (Å²) < 4.78 is 40.8. The van der Waals surface area contributed by atoms with Gasteiger partial charge in [-0.3, -0.25) is 0 Å². The number of benzene rings is 1. The molecule has 1 saturated carbocycles. The average Bonchev–Trinajstić information content (AvgIpc) is 2.80. The third-order valence-electron chi connectivity index (χ3n) is 3.38. The molecule has 1 aromatic rings. The Kier molecular flexibility index (Phi) is 4.99. The van der Waals surface area contributed by atoms with Crippen molar-refractivity contribution in [1.82, 2.24) is 4.72 Å². The average molecular weight is 383 g/mol. The lowest BCUT2D eigenvalue weighted by Gasteiger charge is -2.15. The van der Waals surface area contributed by atoms with Crippen LogP contribution >= 0.6 is 27.7 Å². The van der Waals surface area contributed by atoms with E-state index in [0.717, 1.165) is 31.4 Å². The van der Waals surface area contributed by atoms with Crippen LogP contribution in [0, 0.1) is 5.82 Å². The summed E-state index contributed by atoms with van der Waals surface area (Å²) in [5.41, 5.74) is 5.27. The summed E-state index contributed by atoms with van der Waals surface area (Å²) in [6, 6.07) is 2.14. The first-order valence-electron chi connectivity index (χ1n) is 6.13. The van der Waals surface area contributed by atoms with Gasteiger partial charge in [0.25, 0.3) is 0 Å². The predicted octanol–water partition coefficient (Wildman–Crippen LogP) is 2.73. The zero-order valence-corrected chi connectivity index (χ0v) is 14.1. The summed E-state index contributed by atoms with van der Waals surface area (Å²) in [5, 5.41) is 0.490. The van der Waals surface area contributed by atoms with Crippen molar-refractivity contribution in [2.45, 2.75) is 35.4 Å². The smallest absolute Gasteiger partial charge is 0.242 e. The summed E-state index contributed by atoms with van der Waals surface area (Å²) in [7, 11) is -3.70. The molecule has 8 heteroatoms. The number of rotatable bonds is 4. The number of anilines is 1. The zero-order chi connectivity index (χ0) is 14.9. The third-order valence-corrected chi connectivity index (χ3v) is 6.95. The highest BCUT2D eigenvalue weighted by molar-refractivity contribution is 9.10. The van der Waals surface area contributed by atoms with Crippen molar-refractivity contribution in [3.63, 3.8) is 0 Å². The van der Waals surface area contributed by atoms with E-state index in [0.29, 0.717) is 5.25 Å². The molecule has 1 aliphatic rings. The maximum absolute atomic E-state index is 13.3. The lowest BCUT2D eigenvalue weighted by Crippen LogP contribution is -2.33. The molecule has 1 aromatic carbocycles. The summed E-state index contributed by atoms with van der Waals surface area (Å²) in [5.74, 6) is -0.640. The molecule has 0 aromatic heterocycles. The Morgan fingerprint density at radius 2 is 2.15 bits per heavy atom. The Balaban J connectivity index is 2.21. The Labute approximate surface area is 130 Å². The topological polar surface area (TPSA) is 72.2 Å². The number of nitrogens with two attached hydrogens (primary N) is 1. The molecule has 0 heterocycles. The molecular formula is C12H16BrFN2O2S2.